The number of amides is 1. The molecule has 2 aromatic heterocycles. The van der Waals surface area contributed by atoms with E-state index in [1.165, 1.54) is 6.07 Å². The lowest BCUT2D eigenvalue weighted by atomic mass is 10.1. The Bertz CT molecular complexity index is 1460. The second kappa shape index (κ2) is 7.50. The average Bonchev–Trinajstić information content (AvgIpc) is 3.23. The Morgan fingerprint density at radius 3 is 2.52 bits per heavy atom. The third-order valence-corrected chi connectivity index (χ3v) is 5.01. The van der Waals surface area contributed by atoms with Crippen molar-refractivity contribution < 1.29 is 18.4 Å². The minimum Gasteiger partial charge on any atom is -0.496 e. The molecule has 5 rings (SSSR count). The van der Waals surface area contributed by atoms with Crippen LogP contribution in [0.1, 0.15) is 10.6 Å². The van der Waals surface area contributed by atoms with Crippen molar-refractivity contribution in [3.8, 4) is 17.1 Å². The largest absolute Gasteiger partial charge is 0.496 e. The summed E-state index contributed by atoms with van der Waals surface area (Å²) in [4.78, 5) is 25.3. The molecule has 0 fully saturated rings. The van der Waals surface area contributed by atoms with E-state index < -0.39 is 5.91 Å². The summed E-state index contributed by atoms with van der Waals surface area (Å²) in [7, 11) is 1.56. The van der Waals surface area contributed by atoms with Crippen LogP contribution in [0, 0.1) is 0 Å². The highest BCUT2D eigenvalue weighted by molar-refractivity contribution is 6.05. The molecule has 5 aromatic rings. The number of hydrogen-bond acceptors (Lipinski definition) is 5. The summed E-state index contributed by atoms with van der Waals surface area (Å²) in [6, 6.07) is 22.7. The maximum Gasteiger partial charge on any atom is 0.291 e. The summed E-state index contributed by atoms with van der Waals surface area (Å²) in [5, 5.41) is 4.06. The highest BCUT2D eigenvalue weighted by Crippen LogP contribution is 2.31. The van der Waals surface area contributed by atoms with Gasteiger partial charge in [-0.05, 0) is 36.4 Å². The Morgan fingerprint density at radius 1 is 0.871 bits per heavy atom. The van der Waals surface area contributed by atoms with Gasteiger partial charge in [-0.1, -0.05) is 30.3 Å². The molecule has 6 nitrogen and oxygen atoms in total. The van der Waals surface area contributed by atoms with Gasteiger partial charge in [0.05, 0.1) is 18.1 Å². The molecule has 0 saturated heterocycles. The van der Waals surface area contributed by atoms with Crippen molar-refractivity contribution in [2.75, 3.05) is 12.4 Å². The molecule has 0 spiro atoms. The van der Waals surface area contributed by atoms with Gasteiger partial charge in [-0.25, -0.2) is 0 Å². The SMILES string of the molecule is COc1ccccc1-c1cc(=O)c2ccc(NC(=O)c3cc4ccccc4o3)cc2o1. The number of anilines is 1. The zero-order valence-corrected chi connectivity index (χ0v) is 16.5. The van der Waals surface area contributed by atoms with Gasteiger partial charge in [0.25, 0.3) is 5.91 Å². The molecule has 0 saturated carbocycles. The Kier molecular flexibility index (Phi) is 4.52. The average molecular weight is 411 g/mol. The van der Waals surface area contributed by atoms with E-state index in [-0.39, 0.29) is 11.2 Å². The van der Waals surface area contributed by atoms with Crippen LogP contribution in [0.5, 0.6) is 5.75 Å². The van der Waals surface area contributed by atoms with Crippen LogP contribution in [0.25, 0.3) is 33.3 Å². The molecule has 0 bridgehead atoms. The van der Waals surface area contributed by atoms with E-state index in [4.69, 9.17) is 13.6 Å². The van der Waals surface area contributed by atoms with Crippen LogP contribution in [-0.4, -0.2) is 13.0 Å². The lowest BCUT2D eigenvalue weighted by molar-refractivity contribution is 0.0998. The van der Waals surface area contributed by atoms with E-state index in [1.54, 1.807) is 43.5 Å². The van der Waals surface area contributed by atoms with E-state index in [9.17, 15) is 9.59 Å². The van der Waals surface area contributed by atoms with Crippen molar-refractivity contribution in [3.05, 3.63) is 94.8 Å². The minimum absolute atomic E-state index is 0.183. The normalized spacial score (nSPS) is 11.0. The van der Waals surface area contributed by atoms with E-state index in [1.807, 2.05) is 36.4 Å². The van der Waals surface area contributed by atoms with E-state index in [2.05, 4.69) is 5.32 Å². The molecule has 6 heteroatoms. The lowest BCUT2D eigenvalue weighted by Crippen LogP contribution is -2.11. The zero-order valence-electron chi connectivity index (χ0n) is 16.5. The number of para-hydroxylation sites is 2. The third-order valence-electron chi connectivity index (χ3n) is 5.01. The fourth-order valence-corrected chi connectivity index (χ4v) is 3.50. The predicted molar refractivity (Wildman–Crippen MR) is 119 cm³/mol. The number of hydrogen-bond donors (Lipinski definition) is 1. The fourth-order valence-electron chi connectivity index (χ4n) is 3.50. The molecule has 0 atom stereocenters. The van der Waals surface area contributed by atoms with Crippen molar-refractivity contribution >= 4 is 33.5 Å². The smallest absolute Gasteiger partial charge is 0.291 e. The van der Waals surface area contributed by atoms with Crippen LogP contribution in [0.4, 0.5) is 5.69 Å². The number of benzene rings is 3. The first kappa shape index (κ1) is 18.7. The number of carbonyl (C=O) groups is 1. The molecule has 152 valence electrons. The Hall–Kier alpha value is -4.32. The predicted octanol–water partition coefficient (Wildman–Crippen LogP) is 5.47. The number of rotatable bonds is 4. The second-order valence-electron chi connectivity index (χ2n) is 6.99. The first-order chi connectivity index (χ1) is 15.1. The minimum atomic E-state index is -0.390. The van der Waals surface area contributed by atoms with Gasteiger partial charge in [0.15, 0.2) is 11.2 Å². The number of nitrogens with one attached hydrogen (secondary N) is 1. The molecule has 0 radical (unpaired) electrons. The molecule has 1 N–H and O–H groups in total. The first-order valence-corrected chi connectivity index (χ1v) is 9.63. The molecule has 0 unspecified atom stereocenters. The van der Waals surface area contributed by atoms with Crippen LogP contribution < -0.4 is 15.5 Å². The molecule has 3 aromatic carbocycles. The maximum atomic E-state index is 12.6. The van der Waals surface area contributed by atoms with Crippen LogP contribution in [0.2, 0.25) is 0 Å². The van der Waals surface area contributed by atoms with Gasteiger partial charge >= 0.3 is 0 Å². The number of furan rings is 1. The van der Waals surface area contributed by atoms with Gasteiger partial charge in [-0.2, -0.15) is 0 Å². The second-order valence-corrected chi connectivity index (χ2v) is 6.99. The van der Waals surface area contributed by atoms with Crippen molar-refractivity contribution in [3.63, 3.8) is 0 Å². The van der Waals surface area contributed by atoms with Gasteiger partial charge < -0.3 is 18.9 Å². The van der Waals surface area contributed by atoms with Crippen LogP contribution in [0.3, 0.4) is 0 Å². The zero-order chi connectivity index (χ0) is 21.4. The maximum absolute atomic E-state index is 12.6. The fraction of sp³-hybridized carbons (Fsp3) is 0.0400. The number of carbonyl (C=O) groups excluding carboxylic acids is 1. The highest BCUT2D eigenvalue weighted by Gasteiger charge is 2.15. The van der Waals surface area contributed by atoms with Gasteiger partial charge in [0.2, 0.25) is 0 Å². The molecular formula is C25H17NO5. The van der Waals surface area contributed by atoms with Crippen LogP contribution in [-0.2, 0) is 0 Å². The van der Waals surface area contributed by atoms with Gasteiger partial charge in [0.1, 0.15) is 22.7 Å². The van der Waals surface area contributed by atoms with Crippen molar-refractivity contribution in [1.29, 1.82) is 0 Å². The molecule has 31 heavy (non-hydrogen) atoms. The molecular weight excluding hydrogens is 394 g/mol. The van der Waals surface area contributed by atoms with Crippen molar-refractivity contribution in [2.45, 2.75) is 0 Å². The monoisotopic (exact) mass is 411 g/mol. The molecule has 2 heterocycles. The lowest BCUT2D eigenvalue weighted by Gasteiger charge is -2.09. The Morgan fingerprint density at radius 2 is 1.68 bits per heavy atom. The summed E-state index contributed by atoms with van der Waals surface area (Å²) in [5.74, 6) is 0.791. The van der Waals surface area contributed by atoms with Crippen LogP contribution >= 0.6 is 0 Å². The summed E-state index contributed by atoms with van der Waals surface area (Å²) >= 11 is 0. The van der Waals surface area contributed by atoms with E-state index >= 15 is 0 Å². The number of fused-ring (bicyclic) bond motifs is 2. The number of ether oxygens (including phenoxy) is 1. The van der Waals surface area contributed by atoms with Crippen molar-refractivity contribution in [2.24, 2.45) is 0 Å². The van der Waals surface area contributed by atoms with Crippen molar-refractivity contribution in [1.82, 2.24) is 0 Å². The van der Waals surface area contributed by atoms with Gasteiger partial charge in [-0.15, -0.1) is 0 Å². The summed E-state index contributed by atoms with van der Waals surface area (Å²) in [6.07, 6.45) is 0. The van der Waals surface area contributed by atoms with Gasteiger partial charge in [-0.3, -0.25) is 9.59 Å². The number of methoxy groups -OCH3 is 1. The first-order valence-electron chi connectivity index (χ1n) is 9.63. The summed E-state index contributed by atoms with van der Waals surface area (Å²) in [5.41, 5.74) is 1.96. The quantitative estimate of drug-likeness (QED) is 0.424. The Labute approximate surface area is 176 Å². The molecule has 0 aliphatic rings. The standard InChI is InChI=1S/C25H17NO5/c1-29-21-9-5-3-7-18(21)23-14-19(27)17-11-10-16(13-22(17)31-23)26-25(28)24-12-15-6-2-4-8-20(15)30-24/h2-14H,1H3,(H,26,28). The van der Waals surface area contributed by atoms with E-state index in [0.29, 0.717) is 39.3 Å². The summed E-state index contributed by atoms with van der Waals surface area (Å²) in [6.45, 7) is 0. The third kappa shape index (κ3) is 3.44. The highest BCUT2D eigenvalue weighted by atomic mass is 16.5. The van der Waals surface area contributed by atoms with E-state index in [0.717, 1.165) is 5.39 Å². The summed E-state index contributed by atoms with van der Waals surface area (Å²) < 4.78 is 17.0. The van der Waals surface area contributed by atoms with Gasteiger partial charge in [0, 0.05) is 23.2 Å². The van der Waals surface area contributed by atoms with Crippen LogP contribution in [0.15, 0.2) is 92.5 Å². The molecule has 1 amide bonds. The topological polar surface area (TPSA) is 81.7 Å². The molecule has 0 aliphatic heterocycles. The molecule has 0 aliphatic carbocycles. The Balaban J connectivity index is 1.51.